The van der Waals surface area contributed by atoms with E-state index in [1.807, 2.05) is 0 Å². The fraction of sp³-hybridized carbons (Fsp3) is 0.250. The molecule has 0 radical (unpaired) electrons. The van der Waals surface area contributed by atoms with Crippen LogP contribution in [0.1, 0.15) is 16.8 Å². The maximum absolute atomic E-state index is 12.9. The minimum atomic E-state index is -0.638. The van der Waals surface area contributed by atoms with Gasteiger partial charge in [0.05, 0.1) is 13.0 Å². The number of carbonyl (C=O) groups excluding carboxylic acids is 3. The molecule has 1 amide bonds. The van der Waals surface area contributed by atoms with Gasteiger partial charge in [-0.1, -0.05) is 0 Å². The molecule has 7 heteroatoms. The van der Waals surface area contributed by atoms with Gasteiger partial charge in [-0.3, -0.25) is 14.4 Å². The van der Waals surface area contributed by atoms with Gasteiger partial charge >= 0.3 is 5.97 Å². The molecule has 1 heterocycles. The molecule has 2 aromatic rings. The minimum absolute atomic E-state index is 0.0234. The van der Waals surface area contributed by atoms with E-state index in [-0.39, 0.29) is 24.4 Å². The predicted octanol–water partition coefficient (Wildman–Crippen LogP) is 2.61. The minimum Gasteiger partial charge on any atom is -0.497 e. The summed E-state index contributed by atoms with van der Waals surface area (Å²) in [4.78, 5) is 37.9. The first-order chi connectivity index (χ1) is 13.0. The van der Waals surface area contributed by atoms with Crippen molar-refractivity contribution >= 4 is 23.3 Å². The van der Waals surface area contributed by atoms with Crippen LogP contribution in [0.5, 0.6) is 5.75 Å². The van der Waals surface area contributed by atoms with Crippen LogP contribution in [0.4, 0.5) is 10.1 Å². The smallest absolute Gasteiger partial charge is 0.311 e. The molecule has 3 rings (SSSR count). The Balaban J connectivity index is 1.56. The molecule has 6 nitrogen and oxygen atoms in total. The monoisotopic (exact) mass is 371 g/mol. The van der Waals surface area contributed by atoms with E-state index in [4.69, 9.17) is 9.47 Å². The van der Waals surface area contributed by atoms with E-state index >= 15 is 0 Å². The van der Waals surface area contributed by atoms with E-state index in [1.54, 1.807) is 31.4 Å². The average Bonchev–Trinajstić information content (AvgIpc) is 3.08. The van der Waals surface area contributed by atoms with Gasteiger partial charge in [-0.15, -0.1) is 0 Å². The third-order valence-electron chi connectivity index (χ3n) is 4.35. The largest absolute Gasteiger partial charge is 0.497 e. The fourth-order valence-corrected chi connectivity index (χ4v) is 2.85. The summed E-state index contributed by atoms with van der Waals surface area (Å²) in [5.41, 5.74) is 0.921. The molecule has 1 aliphatic heterocycles. The molecule has 0 bridgehead atoms. The van der Waals surface area contributed by atoms with Crippen molar-refractivity contribution in [3.05, 3.63) is 59.9 Å². The van der Waals surface area contributed by atoms with Crippen LogP contribution >= 0.6 is 0 Å². The molecule has 0 aromatic heterocycles. The first-order valence-corrected chi connectivity index (χ1v) is 8.37. The van der Waals surface area contributed by atoms with Gasteiger partial charge in [0.15, 0.2) is 12.4 Å². The number of rotatable bonds is 6. The van der Waals surface area contributed by atoms with Crippen molar-refractivity contribution < 1.29 is 28.2 Å². The van der Waals surface area contributed by atoms with Crippen molar-refractivity contribution in [1.82, 2.24) is 0 Å². The number of ether oxygens (including phenoxy) is 2. The number of methoxy groups -OCH3 is 1. The fourth-order valence-electron chi connectivity index (χ4n) is 2.85. The molecule has 27 heavy (non-hydrogen) atoms. The number of anilines is 1. The van der Waals surface area contributed by atoms with Crippen LogP contribution in [-0.2, 0) is 14.3 Å². The van der Waals surface area contributed by atoms with Gasteiger partial charge in [0, 0.05) is 24.2 Å². The number of hydrogen-bond acceptors (Lipinski definition) is 5. The van der Waals surface area contributed by atoms with Crippen molar-refractivity contribution in [2.24, 2.45) is 5.92 Å². The lowest BCUT2D eigenvalue weighted by molar-refractivity contribution is -0.147. The molecule has 2 aromatic carbocycles. The average molecular weight is 371 g/mol. The van der Waals surface area contributed by atoms with Crippen molar-refractivity contribution in [2.75, 3.05) is 25.2 Å². The Hall–Kier alpha value is -3.22. The van der Waals surface area contributed by atoms with Crippen molar-refractivity contribution in [2.45, 2.75) is 6.42 Å². The van der Waals surface area contributed by atoms with Crippen LogP contribution in [0.25, 0.3) is 0 Å². The van der Waals surface area contributed by atoms with Gasteiger partial charge in [-0.2, -0.15) is 0 Å². The lowest BCUT2D eigenvalue weighted by Crippen LogP contribution is -2.27. The number of carbonyl (C=O) groups is 3. The Morgan fingerprint density at radius 3 is 2.41 bits per heavy atom. The van der Waals surface area contributed by atoms with Crippen molar-refractivity contribution in [3.63, 3.8) is 0 Å². The number of amides is 1. The highest BCUT2D eigenvalue weighted by Crippen LogP contribution is 2.27. The number of benzene rings is 2. The highest BCUT2D eigenvalue weighted by Gasteiger charge is 2.36. The van der Waals surface area contributed by atoms with Crippen molar-refractivity contribution in [1.29, 1.82) is 0 Å². The maximum atomic E-state index is 12.9. The lowest BCUT2D eigenvalue weighted by atomic mass is 10.1. The molecular formula is C20H18FNO5. The normalized spacial score (nSPS) is 16.3. The molecule has 1 atom stereocenters. The summed E-state index contributed by atoms with van der Waals surface area (Å²) in [5, 5.41) is 0. The van der Waals surface area contributed by atoms with E-state index in [1.165, 1.54) is 17.0 Å². The summed E-state index contributed by atoms with van der Waals surface area (Å²) < 4.78 is 23.0. The highest BCUT2D eigenvalue weighted by molar-refractivity contribution is 6.01. The summed E-state index contributed by atoms with van der Waals surface area (Å²) in [6.07, 6.45) is 0.0234. The SMILES string of the molecule is COc1ccc(N2CC(C(=O)OCC(=O)c3ccc(F)cc3)CC2=O)cc1. The Morgan fingerprint density at radius 1 is 1.11 bits per heavy atom. The molecule has 1 saturated heterocycles. The van der Waals surface area contributed by atoms with E-state index in [9.17, 15) is 18.8 Å². The first kappa shape index (κ1) is 18.6. The lowest BCUT2D eigenvalue weighted by Gasteiger charge is -2.16. The van der Waals surface area contributed by atoms with Crippen LogP contribution < -0.4 is 9.64 Å². The molecule has 0 aliphatic carbocycles. The summed E-state index contributed by atoms with van der Waals surface area (Å²) in [5.74, 6) is -1.64. The summed E-state index contributed by atoms with van der Waals surface area (Å²) in [6, 6.07) is 11.9. The zero-order valence-electron chi connectivity index (χ0n) is 14.7. The van der Waals surface area contributed by atoms with Gasteiger partial charge in [0.2, 0.25) is 5.91 Å². The van der Waals surface area contributed by atoms with Crippen molar-refractivity contribution in [3.8, 4) is 5.75 Å². The standard InChI is InChI=1S/C20H18FNO5/c1-26-17-8-6-16(7-9-17)22-11-14(10-19(22)24)20(25)27-12-18(23)13-2-4-15(21)5-3-13/h2-9,14H,10-12H2,1H3. The molecule has 0 N–H and O–H groups in total. The third kappa shape index (κ3) is 4.31. The number of nitrogens with zero attached hydrogens (tertiary/aromatic N) is 1. The second-order valence-corrected chi connectivity index (χ2v) is 6.14. The number of esters is 1. The number of Topliss-reactive ketones (excluding diaryl/α,β-unsaturated/α-hetero) is 1. The van der Waals surface area contributed by atoms with Gasteiger partial charge in [0.1, 0.15) is 11.6 Å². The second-order valence-electron chi connectivity index (χ2n) is 6.14. The Kier molecular flexibility index (Phi) is 5.49. The van der Waals surface area contributed by atoms with Crippen LogP contribution in [-0.4, -0.2) is 37.9 Å². The molecular weight excluding hydrogens is 353 g/mol. The predicted molar refractivity (Wildman–Crippen MR) is 95.1 cm³/mol. The number of ketones is 1. The number of halogens is 1. The van der Waals surface area contributed by atoms with Crippen LogP contribution in [0.2, 0.25) is 0 Å². The zero-order chi connectivity index (χ0) is 19.4. The Morgan fingerprint density at radius 2 is 1.78 bits per heavy atom. The molecule has 1 aliphatic rings. The van der Waals surface area contributed by atoms with Crippen LogP contribution in [0.3, 0.4) is 0 Å². The van der Waals surface area contributed by atoms with E-state index in [0.29, 0.717) is 11.4 Å². The molecule has 140 valence electrons. The molecule has 1 unspecified atom stereocenters. The summed E-state index contributed by atoms with van der Waals surface area (Å²) in [7, 11) is 1.55. The zero-order valence-corrected chi connectivity index (χ0v) is 14.7. The molecule has 0 spiro atoms. The topological polar surface area (TPSA) is 72.9 Å². The van der Waals surface area contributed by atoms with Gasteiger partial charge in [-0.05, 0) is 48.5 Å². The maximum Gasteiger partial charge on any atom is 0.311 e. The Bertz CT molecular complexity index is 848. The molecule has 0 saturated carbocycles. The van der Waals surface area contributed by atoms with Gasteiger partial charge < -0.3 is 14.4 Å². The van der Waals surface area contributed by atoms with Crippen LogP contribution in [0.15, 0.2) is 48.5 Å². The number of hydrogen-bond donors (Lipinski definition) is 0. The van der Waals surface area contributed by atoms with Crippen LogP contribution in [0, 0.1) is 11.7 Å². The summed E-state index contributed by atoms with van der Waals surface area (Å²) in [6.45, 7) is -0.258. The Labute approximate surface area is 155 Å². The quantitative estimate of drug-likeness (QED) is 0.577. The second kappa shape index (κ2) is 7.99. The van der Waals surface area contributed by atoms with Gasteiger partial charge in [0.25, 0.3) is 0 Å². The third-order valence-corrected chi connectivity index (χ3v) is 4.35. The van der Waals surface area contributed by atoms with E-state index < -0.39 is 30.1 Å². The molecule has 1 fully saturated rings. The summed E-state index contributed by atoms with van der Waals surface area (Å²) >= 11 is 0. The highest BCUT2D eigenvalue weighted by atomic mass is 19.1. The van der Waals surface area contributed by atoms with E-state index in [0.717, 1.165) is 12.1 Å². The van der Waals surface area contributed by atoms with E-state index in [2.05, 4.69) is 0 Å². The van der Waals surface area contributed by atoms with Gasteiger partial charge in [-0.25, -0.2) is 4.39 Å². The first-order valence-electron chi connectivity index (χ1n) is 8.37.